The van der Waals surface area contributed by atoms with Crippen molar-refractivity contribution in [3.63, 3.8) is 0 Å². The van der Waals surface area contributed by atoms with Crippen LogP contribution in [0.2, 0.25) is 0 Å². The van der Waals surface area contributed by atoms with Gasteiger partial charge in [0.15, 0.2) is 0 Å². The molecule has 9 nitrogen and oxygen atoms in total. The van der Waals surface area contributed by atoms with E-state index >= 15 is 0 Å². The van der Waals surface area contributed by atoms with Crippen LogP contribution in [0.3, 0.4) is 0 Å². The summed E-state index contributed by atoms with van der Waals surface area (Å²) in [5.74, 6) is -2.45. The molecule has 0 fully saturated rings. The SMILES string of the molecule is CC/C=C\C/C=C\C/C=C\C/C=C\CCCCCCCCC(=O)OC(/C=C\C/C=C\CCCCC)CCCCCCC(=O)NCC(=O)NC(CO)C(=O)O. The highest BCUT2D eigenvalue weighted by atomic mass is 16.5. The van der Waals surface area contributed by atoms with E-state index in [1.165, 1.54) is 38.5 Å². The summed E-state index contributed by atoms with van der Waals surface area (Å²) in [6.45, 7) is 3.28. The van der Waals surface area contributed by atoms with E-state index in [4.69, 9.17) is 14.9 Å². The second-order valence-electron chi connectivity index (χ2n) is 13.7. The van der Waals surface area contributed by atoms with Crippen molar-refractivity contribution in [2.24, 2.45) is 0 Å². The maximum atomic E-state index is 12.7. The Hall–Kier alpha value is -3.72. The van der Waals surface area contributed by atoms with E-state index < -0.39 is 24.5 Å². The van der Waals surface area contributed by atoms with Crippen molar-refractivity contribution in [2.75, 3.05) is 13.2 Å². The molecule has 54 heavy (non-hydrogen) atoms. The van der Waals surface area contributed by atoms with Crippen molar-refractivity contribution < 1.29 is 34.1 Å². The molecule has 0 saturated carbocycles. The van der Waals surface area contributed by atoms with Crippen LogP contribution in [0.1, 0.15) is 162 Å². The molecule has 0 saturated heterocycles. The van der Waals surface area contributed by atoms with Crippen molar-refractivity contribution in [3.05, 3.63) is 72.9 Å². The number of hydrogen-bond donors (Lipinski definition) is 4. The van der Waals surface area contributed by atoms with E-state index in [0.717, 1.165) is 89.9 Å². The van der Waals surface area contributed by atoms with Gasteiger partial charge in [-0.05, 0) is 89.5 Å². The summed E-state index contributed by atoms with van der Waals surface area (Å²) in [4.78, 5) is 47.5. The van der Waals surface area contributed by atoms with Crippen LogP contribution in [0.5, 0.6) is 0 Å². The number of aliphatic hydroxyl groups excluding tert-OH is 1. The minimum Gasteiger partial charge on any atom is -0.480 e. The highest BCUT2D eigenvalue weighted by molar-refractivity contribution is 5.87. The van der Waals surface area contributed by atoms with Gasteiger partial charge in [0.1, 0.15) is 12.1 Å². The third-order valence-corrected chi connectivity index (χ3v) is 8.67. The number of nitrogens with one attached hydrogen (secondary N) is 2. The topological polar surface area (TPSA) is 142 Å². The fraction of sp³-hybridized carbons (Fsp3) is 0.644. The molecule has 0 aliphatic carbocycles. The molecule has 4 N–H and O–H groups in total. The summed E-state index contributed by atoms with van der Waals surface area (Å²) < 4.78 is 5.87. The van der Waals surface area contributed by atoms with Crippen LogP contribution in [-0.2, 0) is 23.9 Å². The molecule has 0 aromatic heterocycles. The molecule has 2 amide bonds. The summed E-state index contributed by atoms with van der Waals surface area (Å²) in [5, 5.41) is 22.5. The van der Waals surface area contributed by atoms with Gasteiger partial charge in [-0.1, -0.05) is 132 Å². The minimum atomic E-state index is -1.40. The van der Waals surface area contributed by atoms with Crippen LogP contribution in [0, 0.1) is 0 Å². The summed E-state index contributed by atoms with van der Waals surface area (Å²) in [6.07, 6.45) is 48.0. The fourth-order valence-corrected chi connectivity index (χ4v) is 5.48. The summed E-state index contributed by atoms with van der Waals surface area (Å²) in [7, 11) is 0. The van der Waals surface area contributed by atoms with E-state index in [9.17, 15) is 19.2 Å². The number of rotatable bonds is 36. The summed E-state index contributed by atoms with van der Waals surface area (Å²) >= 11 is 0. The number of carbonyl (C=O) groups excluding carboxylic acids is 3. The van der Waals surface area contributed by atoms with Gasteiger partial charge in [-0.2, -0.15) is 0 Å². The Balaban J connectivity index is 4.31. The molecule has 0 aliphatic rings. The number of aliphatic hydroxyl groups is 1. The minimum absolute atomic E-state index is 0.145. The number of carbonyl (C=O) groups is 4. The predicted octanol–water partition coefficient (Wildman–Crippen LogP) is 9.93. The number of hydrogen-bond acceptors (Lipinski definition) is 6. The Bertz CT molecular complexity index is 1140. The van der Waals surface area contributed by atoms with E-state index in [1.54, 1.807) is 0 Å². The van der Waals surface area contributed by atoms with Gasteiger partial charge in [0, 0.05) is 12.8 Å². The van der Waals surface area contributed by atoms with E-state index in [-0.39, 0.29) is 30.9 Å². The van der Waals surface area contributed by atoms with Gasteiger partial charge < -0.3 is 25.6 Å². The van der Waals surface area contributed by atoms with Crippen molar-refractivity contribution >= 4 is 23.8 Å². The second-order valence-corrected chi connectivity index (χ2v) is 13.7. The van der Waals surface area contributed by atoms with Crippen molar-refractivity contribution in [3.8, 4) is 0 Å². The first-order valence-electron chi connectivity index (χ1n) is 20.8. The maximum Gasteiger partial charge on any atom is 0.328 e. The molecule has 0 aromatic rings. The molecule has 0 rings (SSSR count). The van der Waals surface area contributed by atoms with Crippen LogP contribution >= 0.6 is 0 Å². The molecule has 0 spiro atoms. The number of aliphatic carboxylic acids is 1. The van der Waals surface area contributed by atoms with Gasteiger partial charge in [-0.15, -0.1) is 0 Å². The van der Waals surface area contributed by atoms with Crippen LogP contribution in [0.25, 0.3) is 0 Å². The number of esters is 1. The molecule has 0 aromatic carbocycles. The Labute approximate surface area is 327 Å². The van der Waals surface area contributed by atoms with E-state index in [2.05, 4.69) is 91.3 Å². The standard InChI is InChI=1S/C45H74N2O7/c1-3-5-7-9-11-13-14-15-16-17-18-19-20-21-22-23-25-27-33-37-44(51)54-40(34-30-26-24-12-10-8-6-4-2)35-31-28-29-32-36-42(49)46-38-43(50)47-41(39-48)45(52)53/h5,7,11-13,15-16,18-19,24,30,34,40-41,48H,3-4,6,8-10,14,17,20-23,25-29,31-33,35-39H2,1-2H3,(H,46,49)(H,47,50)(H,52,53)/b7-5-,13-11-,16-15-,19-18-,24-12-,34-30-. The Morgan fingerprint density at radius 3 is 1.70 bits per heavy atom. The molecule has 0 radical (unpaired) electrons. The summed E-state index contributed by atoms with van der Waals surface area (Å²) in [5.41, 5.74) is 0. The molecule has 0 aliphatic heterocycles. The lowest BCUT2D eigenvalue weighted by Gasteiger charge is -2.15. The normalized spacial score (nSPS) is 13.2. The molecule has 9 heteroatoms. The number of carboxylic acids is 1. The lowest BCUT2D eigenvalue weighted by atomic mass is 10.1. The molecular weight excluding hydrogens is 681 g/mol. The smallest absolute Gasteiger partial charge is 0.328 e. The van der Waals surface area contributed by atoms with Gasteiger partial charge in [0.2, 0.25) is 11.8 Å². The van der Waals surface area contributed by atoms with Gasteiger partial charge in [0.25, 0.3) is 0 Å². The number of carboxylic acid groups (broad SMARTS) is 1. The quantitative estimate of drug-likeness (QED) is 0.0283. The van der Waals surface area contributed by atoms with Crippen LogP contribution < -0.4 is 10.6 Å². The number of allylic oxidation sites excluding steroid dienone is 11. The predicted molar refractivity (Wildman–Crippen MR) is 222 cm³/mol. The summed E-state index contributed by atoms with van der Waals surface area (Å²) in [6, 6.07) is -1.40. The van der Waals surface area contributed by atoms with Gasteiger partial charge >= 0.3 is 11.9 Å². The van der Waals surface area contributed by atoms with Crippen LogP contribution in [0.4, 0.5) is 0 Å². The molecule has 306 valence electrons. The zero-order valence-electron chi connectivity index (χ0n) is 33.7. The zero-order valence-corrected chi connectivity index (χ0v) is 33.7. The van der Waals surface area contributed by atoms with Gasteiger partial charge in [0.05, 0.1) is 13.2 Å². The third kappa shape index (κ3) is 35.3. The van der Waals surface area contributed by atoms with Gasteiger partial charge in [-0.3, -0.25) is 14.4 Å². The maximum absolute atomic E-state index is 12.7. The zero-order chi connectivity index (χ0) is 39.7. The first-order chi connectivity index (χ1) is 26.3. The molecule has 2 unspecified atom stereocenters. The van der Waals surface area contributed by atoms with Crippen molar-refractivity contribution in [2.45, 2.75) is 174 Å². The lowest BCUT2D eigenvalue weighted by Crippen LogP contribution is -2.47. The van der Waals surface area contributed by atoms with E-state index in [0.29, 0.717) is 12.8 Å². The first-order valence-corrected chi connectivity index (χ1v) is 20.8. The second kappa shape index (κ2) is 39.0. The van der Waals surface area contributed by atoms with Crippen molar-refractivity contribution in [1.29, 1.82) is 0 Å². The largest absolute Gasteiger partial charge is 0.480 e. The fourth-order valence-electron chi connectivity index (χ4n) is 5.48. The van der Waals surface area contributed by atoms with Crippen molar-refractivity contribution in [1.82, 2.24) is 10.6 Å². The first kappa shape index (κ1) is 50.3. The molecule has 0 heterocycles. The number of unbranched alkanes of at least 4 members (excludes halogenated alkanes) is 12. The third-order valence-electron chi connectivity index (χ3n) is 8.67. The lowest BCUT2D eigenvalue weighted by molar-refractivity contribution is -0.147. The average Bonchev–Trinajstić information content (AvgIpc) is 3.15. The van der Waals surface area contributed by atoms with Crippen LogP contribution in [0.15, 0.2) is 72.9 Å². The number of amides is 2. The Morgan fingerprint density at radius 2 is 1.11 bits per heavy atom. The highest BCUT2D eigenvalue weighted by Gasteiger charge is 2.18. The highest BCUT2D eigenvalue weighted by Crippen LogP contribution is 2.14. The van der Waals surface area contributed by atoms with Gasteiger partial charge in [-0.25, -0.2) is 4.79 Å². The monoisotopic (exact) mass is 755 g/mol. The average molecular weight is 755 g/mol. The Morgan fingerprint density at radius 1 is 0.593 bits per heavy atom. The Kier molecular flexibility index (Phi) is 36.3. The van der Waals surface area contributed by atoms with E-state index in [1.807, 2.05) is 6.08 Å². The number of ether oxygens (including phenoxy) is 1. The molecule has 2 atom stereocenters. The molecular formula is C45H74N2O7. The van der Waals surface area contributed by atoms with Crippen LogP contribution in [-0.4, -0.2) is 59.3 Å². The molecule has 0 bridgehead atoms.